The van der Waals surface area contributed by atoms with Gasteiger partial charge < -0.3 is 4.90 Å². The van der Waals surface area contributed by atoms with E-state index >= 15 is 0 Å². The van der Waals surface area contributed by atoms with Crippen LogP contribution >= 0.6 is 0 Å². The van der Waals surface area contributed by atoms with Crippen LogP contribution in [0.2, 0.25) is 0 Å². The SMILES string of the molecule is CC(=O)c1ccc(S(=O)(=O)NCC(=O)N(C)Cc2ccccc2)cc1. The van der Waals surface area contributed by atoms with Crippen LogP contribution in [0.3, 0.4) is 0 Å². The van der Waals surface area contributed by atoms with Crippen molar-refractivity contribution in [2.75, 3.05) is 13.6 Å². The summed E-state index contributed by atoms with van der Waals surface area (Å²) in [6, 6.07) is 15.0. The molecule has 0 spiro atoms. The first-order chi connectivity index (χ1) is 11.8. The van der Waals surface area contributed by atoms with Crippen LogP contribution in [0.1, 0.15) is 22.8 Å². The molecule has 0 saturated carbocycles. The highest BCUT2D eigenvalue weighted by Crippen LogP contribution is 2.11. The number of rotatable bonds is 7. The van der Waals surface area contributed by atoms with E-state index in [1.807, 2.05) is 30.3 Å². The zero-order chi connectivity index (χ0) is 18.4. The molecule has 0 aliphatic rings. The van der Waals surface area contributed by atoms with E-state index < -0.39 is 10.0 Å². The zero-order valence-electron chi connectivity index (χ0n) is 14.1. The number of sulfonamides is 1. The van der Waals surface area contributed by atoms with Crippen molar-refractivity contribution in [2.24, 2.45) is 0 Å². The minimum atomic E-state index is -3.81. The second-order valence-electron chi connectivity index (χ2n) is 5.64. The Labute approximate surface area is 147 Å². The number of ketones is 1. The predicted octanol–water partition coefficient (Wildman–Crippen LogP) is 1.83. The molecule has 0 bridgehead atoms. The number of nitrogens with zero attached hydrogens (tertiary/aromatic N) is 1. The molecule has 2 aromatic rings. The Kier molecular flexibility index (Phi) is 6.06. The van der Waals surface area contributed by atoms with Gasteiger partial charge in [0.25, 0.3) is 0 Å². The fourth-order valence-electron chi connectivity index (χ4n) is 2.19. The van der Waals surface area contributed by atoms with Crippen molar-refractivity contribution < 1.29 is 18.0 Å². The molecule has 0 radical (unpaired) electrons. The third-order valence-electron chi connectivity index (χ3n) is 3.67. The molecule has 0 fully saturated rings. The molecule has 6 nitrogen and oxygen atoms in total. The smallest absolute Gasteiger partial charge is 0.241 e. The van der Waals surface area contributed by atoms with Crippen LogP contribution in [0.25, 0.3) is 0 Å². The lowest BCUT2D eigenvalue weighted by molar-refractivity contribution is -0.129. The minimum Gasteiger partial charge on any atom is -0.340 e. The van der Waals surface area contributed by atoms with Gasteiger partial charge in [-0.05, 0) is 24.6 Å². The fraction of sp³-hybridized carbons (Fsp3) is 0.222. The topological polar surface area (TPSA) is 83.5 Å². The Morgan fingerprint density at radius 3 is 2.16 bits per heavy atom. The van der Waals surface area contributed by atoms with Gasteiger partial charge in [0, 0.05) is 19.2 Å². The van der Waals surface area contributed by atoms with Gasteiger partial charge in [-0.2, -0.15) is 0 Å². The molecule has 25 heavy (non-hydrogen) atoms. The molecule has 0 aliphatic heterocycles. The summed E-state index contributed by atoms with van der Waals surface area (Å²) < 4.78 is 26.8. The minimum absolute atomic E-state index is 0.0102. The highest BCUT2D eigenvalue weighted by molar-refractivity contribution is 7.89. The van der Waals surface area contributed by atoms with E-state index in [9.17, 15) is 18.0 Å². The highest BCUT2D eigenvalue weighted by Gasteiger charge is 2.17. The monoisotopic (exact) mass is 360 g/mol. The average molecular weight is 360 g/mol. The van der Waals surface area contributed by atoms with Crippen molar-refractivity contribution in [3.63, 3.8) is 0 Å². The van der Waals surface area contributed by atoms with Crippen molar-refractivity contribution in [3.8, 4) is 0 Å². The summed E-state index contributed by atoms with van der Waals surface area (Å²) in [5.41, 5.74) is 1.39. The Hall–Kier alpha value is -2.51. The second kappa shape index (κ2) is 8.04. The van der Waals surface area contributed by atoms with Gasteiger partial charge in [0.1, 0.15) is 0 Å². The quantitative estimate of drug-likeness (QED) is 0.764. The maximum Gasteiger partial charge on any atom is 0.241 e. The lowest BCUT2D eigenvalue weighted by Gasteiger charge is -2.17. The highest BCUT2D eigenvalue weighted by atomic mass is 32.2. The van der Waals surface area contributed by atoms with Crippen molar-refractivity contribution in [1.29, 1.82) is 0 Å². The standard InChI is InChI=1S/C18H20N2O4S/c1-14(21)16-8-10-17(11-9-16)25(23,24)19-12-18(22)20(2)13-15-6-4-3-5-7-15/h3-11,19H,12-13H2,1-2H3. The van der Waals surface area contributed by atoms with Gasteiger partial charge >= 0.3 is 0 Å². The number of carbonyl (C=O) groups is 2. The van der Waals surface area contributed by atoms with E-state index in [-0.39, 0.29) is 23.1 Å². The van der Waals surface area contributed by atoms with E-state index in [1.54, 1.807) is 7.05 Å². The van der Waals surface area contributed by atoms with E-state index in [2.05, 4.69) is 4.72 Å². The van der Waals surface area contributed by atoms with Crippen molar-refractivity contribution in [3.05, 3.63) is 65.7 Å². The van der Waals surface area contributed by atoms with E-state index in [1.165, 1.54) is 36.1 Å². The lowest BCUT2D eigenvalue weighted by Crippen LogP contribution is -2.37. The average Bonchev–Trinajstić information content (AvgIpc) is 2.60. The van der Waals surface area contributed by atoms with Crippen LogP contribution in [0.5, 0.6) is 0 Å². The van der Waals surface area contributed by atoms with E-state index in [0.29, 0.717) is 12.1 Å². The number of amides is 1. The summed E-state index contributed by atoms with van der Waals surface area (Å²) in [7, 11) is -2.20. The summed E-state index contributed by atoms with van der Waals surface area (Å²) in [4.78, 5) is 24.8. The van der Waals surface area contributed by atoms with Crippen molar-refractivity contribution in [2.45, 2.75) is 18.4 Å². The fourth-order valence-corrected chi connectivity index (χ4v) is 3.16. The molecule has 0 saturated heterocycles. The maximum atomic E-state index is 12.2. The van der Waals surface area contributed by atoms with Gasteiger partial charge in [-0.3, -0.25) is 9.59 Å². The number of benzene rings is 2. The normalized spacial score (nSPS) is 11.1. The molecule has 1 amide bonds. The maximum absolute atomic E-state index is 12.2. The van der Waals surface area contributed by atoms with Crippen LogP contribution in [0.4, 0.5) is 0 Å². The van der Waals surface area contributed by atoms with E-state index in [4.69, 9.17) is 0 Å². The molecular formula is C18H20N2O4S. The Balaban J connectivity index is 1.96. The number of carbonyl (C=O) groups excluding carboxylic acids is 2. The molecule has 1 N–H and O–H groups in total. The molecule has 0 atom stereocenters. The number of hydrogen-bond acceptors (Lipinski definition) is 4. The molecule has 0 aliphatic carbocycles. The predicted molar refractivity (Wildman–Crippen MR) is 94.6 cm³/mol. The molecule has 0 unspecified atom stereocenters. The van der Waals surface area contributed by atoms with Crippen LogP contribution in [0.15, 0.2) is 59.5 Å². The number of nitrogens with one attached hydrogen (secondary N) is 1. The van der Waals surface area contributed by atoms with Gasteiger partial charge in [-0.15, -0.1) is 0 Å². The van der Waals surface area contributed by atoms with Gasteiger partial charge in [0.15, 0.2) is 5.78 Å². The van der Waals surface area contributed by atoms with Crippen LogP contribution in [0, 0.1) is 0 Å². The zero-order valence-corrected chi connectivity index (χ0v) is 14.9. The Bertz CT molecular complexity index is 846. The third kappa shape index (κ3) is 5.23. The Morgan fingerprint density at radius 1 is 1.00 bits per heavy atom. The van der Waals surface area contributed by atoms with Crippen molar-refractivity contribution in [1.82, 2.24) is 9.62 Å². The summed E-state index contributed by atoms with van der Waals surface area (Å²) in [5, 5.41) is 0. The lowest BCUT2D eigenvalue weighted by atomic mass is 10.2. The second-order valence-corrected chi connectivity index (χ2v) is 7.41. The Morgan fingerprint density at radius 2 is 1.60 bits per heavy atom. The van der Waals surface area contributed by atoms with Gasteiger partial charge in [0.05, 0.1) is 11.4 Å². The first kappa shape index (κ1) is 18.8. The summed E-state index contributed by atoms with van der Waals surface area (Å²) in [5.74, 6) is -0.484. The van der Waals surface area contributed by atoms with Crippen LogP contribution in [-0.4, -0.2) is 38.6 Å². The number of hydrogen-bond donors (Lipinski definition) is 1. The third-order valence-corrected chi connectivity index (χ3v) is 5.09. The number of Topliss-reactive ketones (excluding diaryl/α,β-unsaturated/α-hetero) is 1. The molecule has 0 aromatic heterocycles. The first-order valence-electron chi connectivity index (χ1n) is 7.68. The molecule has 132 valence electrons. The van der Waals surface area contributed by atoms with Gasteiger partial charge in [-0.1, -0.05) is 42.5 Å². The molecule has 2 aromatic carbocycles. The first-order valence-corrected chi connectivity index (χ1v) is 9.16. The summed E-state index contributed by atoms with van der Waals surface area (Å²) >= 11 is 0. The summed E-state index contributed by atoms with van der Waals surface area (Å²) in [6.45, 7) is 1.47. The summed E-state index contributed by atoms with van der Waals surface area (Å²) in [6.07, 6.45) is 0. The van der Waals surface area contributed by atoms with Gasteiger partial charge in [-0.25, -0.2) is 13.1 Å². The number of likely N-dealkylation sites (N-methyl/N-ethyl adjacent to an activating group) is 1. The molecule has 7 heteroatoms. The largest absolute Gasteiger partial charge is 0.340 e. The van der Waals surface area contributed by atoms with E-state index in [0.717, 1.165) is 5.56 Å². The van der Waals surface area contributed by atoms with Crippen LogP contribution < -0.4 is 4.72 Å². The van der Waals surface area contributed by atoms with Crippen molar-refractivity contribution >= 4 is 21.7 Å². The molecular weight excluding hydrogens is 340 g/mol. The molecule has 2 rings (SSSR count). The molecule has 0 heterocycles. The van der Waals surface area contributed by atoms with Gasteiger partial charge in [0.2, 0.25) is 15.9 Å². The van der Waals surface area contributed by atoms with Crippen LogP contribution in [-0.2, 0) is 21.4 Å².